The SMILES string of the molecule is O=C(COc1ccccc1-c1ccccc1)N1CCN(c2ccc(-c3cccc4ccccc34)nn2)CC1. The summed E-state index contributed by atoms with van der Waals surface area (Å²) in [4.78, 5) is 17.0. The quantitative estimate of drug-likeness (QED) is 0.300. The van der Waals surface area contributed by atoms with Crippen LogP contribution in [0.2, 0.25) is 0 Å². The van der Waals surface area contributed by atoms with Crippen LogP contribution < -0.4 is 9.64 Å². The Bertz CT molecular complexity index is 1540. The third-order valence-corrected chi connectivity index (χ3v) is 7.00. The Labute approximate surface area is 222 Å². The van der Waals surface area contributed by atoms with E-state index in [1.54, 1.807) is 0 Å². The maximum atomic E-state index is 12.9. The van der Waals surface area contributed by atoms with E-state index in [1.807, 2.05) is 89.8 Å². The smallest absolute Gasteiger partial charge is 0.260 e. The zero-order chi connectivity index (χ0) is 25.7. The summed E-state index contributed by atoms with van der Waals surface area (Å²) >= 11 is 0. The van der Waals surface area contributed by atoms with E-state index >= 15 is 0 Å². The van der Waals surface area contributed by atoms with Gasteiger partial charge in [-0.1, -0.05) is 91.0 Å². The average Bonchev–Trinajstić information content (AvgIpc) is 3.00. The second kappa shape index (κ2) is 10.7. The van der Waals surface area contributed by atoms with Gasteiger partial charge < -0.3 is 14.5 Å². The molecule has 2 heterocycles. The van der Waals surface area contributed by atoms with Crippen molar-refractivity contribution in [2.75, 3.05) is 37.7 Å². The molecule has 5 aromatic rings. The van der Waals surface area contributed by atoms with Crippen molar-refractivity contribution in [3.63, 3.8) is 0 Å². The van der Waals surface area contributed by atoms with E-state index in [0.29, 0.717) is 31.9 Å². The summed E-state index contributed by atoms with van der Waals surface area (Å²) in [7, 11) is 0. The van der Waals surface area contributed by atoms with Crippen molar-refractivity contribution >= 4 is 22.5 Å². The van der Waals surface area contributed by atoms with Gasteiger partial charge in [-0.15, -0.1) is 10.2 Å². The molecule has 0 saturated carbocycles. The number of amides is 1. The van der Waals surface area contributed by atoms with Crippen molar-refractivity contribution in [1.82, 2.24) is 15.1 Å². The molecule has 1 amide bonds. The number of para-hydroxylation sites is 1. The molecule has 6 rings (SSSR count). The summed E-state index contributed by atoms with van der Waals surface area (Å²) in [6, 6.07) is 36.5. The van der Waals surface area contributed by atoms with Crippen LogP contribution in [0.3, 0.4) is 0 Å². The molecule has 0 bridgehead atoms. The summed E-state index contributed by atoms with van der Waals surface area (Å²) in [6.45, 7) is 2.66. The first kappa shape index (κ1) is 23.7. The zero-order valence-corrected chi connectivity index (χ0v) is 21.0. The highest BCUT2D eigenvalue weighted by Crippen LogP contribution is 2.30. The molecule has 6 heteroatoms. The van der Waals surface area contributed by atoms with Crippen molar-refractivity contribution < 1.29 is 9.53 Å². The Kier molecular flexibility index (Phi) is 6.68. The van der Waals surface area contributed by atoms with Crippen molar-refractivity contribution in [3.05, 3.63) is 109 Å². The number of piperazine rings is 1. The van der Waals surface area contributed by atoms with Gasteiger partial charge in [-0.25, -0.2) is 0 Å². The lowest BCUT2D eigenvalue weighted by Crippen LogP contribution is -2.50. The number of hydrogen-bond donors (Lipinski definition) is 0. The largest absolute Gasteiger partial charge is 0.483 e. The van der Waals surface area contributed by atoms with Gasteiger partial charge in [0, 0.05) is 37.3 Å². The number of ether oxygens (including phenoxy) is 1. The highest BCUT2D eigenvalue weighted by atomic mass is 16.5. The van der Waals surface area contributed by atoms with Crippen LogP contribution in [0.4, 0.5) is 5.82 Å². The molecule has 38 heavy (non-hydrogen) atoms. The van der Waals surface area contributed by atoms with Crippen LogP contribution in [-0.4, -0.2) is 53.8 Å². The van der Waals surface area contributed by atoms with Crippen molar-refractivity contribution in [2.24, 2.45) is 0 Å². The molecule has 6 nitrogen and oxygen atoms in total. The second-order valence-corrected chi connectivity index (χ2v) is 9.32. The van der Waals surface area contributed by atoms with Crippen LogP contribution >= 0.6 is 0 Å². The lowest BCUT2D eigenvalue weighted by atomic mass is 10.0. The predicted octanol–water partition coefficient (Wildman–Crippen LogP) is 5.69. The molecular weight excluding hydrogens is 472 g/mol. The fraction of sp³-hybridized carbons (Fsp3) is 0.156. The molecule has 0 aliphatic carbocycles. The highest BCUT2D eigenvalue weighted by molar-refractivity contribution is 5.95. The van der Waals surface area contributed by atoms with E-state index in [9.17, 15) is 4.79 Å². The first-order valence-corrected chi connectivity index (χ1v) is 12.9. The zero-order valence-electron chi connectivity index (χ0n) is 21.0. The van der Waals surface area contributed by atoms with Gasteiger partial charge in [-0.05, 0) is 34.5 Å². The van der Waals surface area contributed by atoms with Gasteiger partial charge in [0.15, 0.2) is 12.4 Å². The number of hydrogen-bond acceptors (Lipinski definition) is 5. The number of aromatic nitrogens is 2. The third-order valence-electron chi connectivity index (χ3n) is 7.00. The Morgan fingerprint density at radius 1 is 0.684 bits per heavy atom. The Hall–Kier alpha value is -4.71. The number of rotatable bonds is 6. The van der Waals surface area contributed by atoms with Gasteiger partial charge in [0.05, 0.1) is 5.69 Å². The summed E-state index contributed by atoms with van der Waals surface area (Å²) in [5.74, 6) is 1.53. The molecule has 0 N–H and O–H groups in total. The maximum Gasteiger partial charge on any atom is 0.260 e. The van der Waals surface area contributed by atoms with E-state index in [0.717, 1.165) is 33.6 Å². The normalized spacial score (nSPS) is 13.5. The maximum absolute atomic E-state index is 12.9. The number of anilines is 1. The standard InChI is InChI=1S/C32H28N4O2/c37-32(23-38-30-16-7-6-14-27(30)25-9-2-1-3-10-25)36-21-19-35(20-22-36)31-18-17-29(33-34-31)28-15-8-12-24-11-4-5-13-26(24)28/h1-18H,19-23H2. The third kappa shape index (κ3) is 4.93. The number of carbonyl (C=O) groups excluding carboxylic acids is 1. The molecule has 1 fully saturated rings. The minimum Gasteiger partial charge on any atom is -0.483 e. The van der Waals surface area contributed by atoms with E-state index < -0.39 is 0 Å². The number of carbonyl (C=O) groups is 1. The molecule has 0 radical (unpaired) electrons. The van der Waals surface area contributed by atoms with Gasteiger partial charge in [0.25, 0.3) is 5.91 Å². The first-order valence-electron chi connectivity index (χ1n) is 12.9. The lowest BCUT2D eigenvalue weighted by Gasteiger charge is -2.35. The molecule has 188 valence electrons. The van der Waals surface area contributed by atoms with Crippen LogP contribution in [0.5, 0.6) is 5.75 Å². The number of fused-ring (bicyclic) bond motifs is 1. The minimum atomic E-state index is -0.00935. The van der Waals surface area contributed by atoms with Crippen molar-refractivity contribution in [3.8, 4) is 28.1 Å². The Balaban J connectivity index is 1.06. The van der Waals surface area contributed by atoms with Crippen LogP contribution in [0.15, 0.2) is 109 Å². The monoisotopic (exact) mass is 500 g/mol. The van der Waals surface area contributed by atoms with E-state index in [4.69, 9.17) is 4.74 Å². The number of benzene rings is 4. The summed E-state index contributed by atoms with van der Waals surface area (Å²) in [6.07, 6.45) is 0. The van der Waals surface area contributed by atoms with Gasteiger partial charge in [0.1, 0.15) is 5.75 Å². The van der Waals surface area contributed by atoms with Crippen LogP contribution in [0.25, 0.3) is 33.2 Å². The first-order chi connectivity index (χ1) is 18.8. The molecule has 1 aliphatic heterocycles. The summed E-state index contributed by atoms with van der Waals surface area (Å²) < 4.78 is 5.98. The predicted molar refractivity (Wildman–Crippen MR) is 151 cm³/mol. The van der Waals surface area contributed by atoms with Crippen LogP contribution in [-0.2, 0) is 4.79 Å². The molecule has 0 unspecified atom stereocenters. The Morgan fingerprint density at radius 2 is 1.39 bits per heavy atom. The topological polar surface area (TPSA) is 58.6 Å². The molecule has 0 atom stereocenters. The fourth-order valence-corrected chi connectivity index (χ4v) is 4.95. The molecule has 0 spiro atoms. The second-order valence-electron chi connectivity index (χ2n) is 9.32. The van der Waals surface area contributed by atoms with Crippen LogP contribution in [0, 0.1) is 0 Å². The molecule has 1 aliphatic rings. The highest BCUT2D eigenvalue weighted by Gasteiger charge is 2.23. The van der Waals surface area contributed by atoms with Gasteiger partial charge in [-0.3, -0.25) is 4.79 Å². The Morgan fingerprint density at radius 3 is 2.21 bits per heavy atom. The molecule has 1 saturated heterocycles. The molecular formula is C32H28N4O2. The van der Waals surface area contributed by atoms with E-state index in [1.165, 1.54) is 5.39 Å². The van der Waals surface area contributed by atoms with Gasteiger partial charge in [0.2, 0.25) is 0 Å². The van der Waals surface area contributed by atoms with Crippen LogP contribution in [0.1, 0.15) is 0 Å². The summed E-state index contributed by atoms with van der Waals surface area (Å²) in [5.41, 5.74) is 3.98. The average molecular weight is 501 g/mol. The lowest BCUT2D eigenvalue weighted by molar-refractivity contribution is -0.133. The fourth-order valence-electron chi connectivity index (χ4n) is 4.95. The molecule has 4 aromatic carbocycles. The number of nitrogens with zero attached hydrogens (tertiary/aromatic N) is 4. The minimum absolute atomic E-state index is 0.00935. The van der Waals surface area contributed by atoms with E-state index in [2.05, 4.69) is 39.4 Å². The van der Waals surface area contributed by atoms with E-state index in [-0.39, 0.29) is 12.5 Å². The van der Waals surface area contributed by atoms with Gasteiger partial charge in [-0.2, -0.15) is 0 Å². The van der Waals surface area contributed by atoms with Gasteiger partial charge >= 0.3 is 0 Å². The summed E-state index contributed by atoms with van der Waals surface area (Å²) in [5, 5.41) is 11.4. The molecule has 1 aromatic heterocycles. The van der Waals surface area contributed by atoms with Crippen molar-refractivity contribution in [1.29, 1.82) is 0 Å². The van der Waals surface area contributed by atoms with Crippen molar-refractivity contribution in [2.45, 2.75) is 0 Å².